The zero-order chi connectivity index (χ0) is 49.4. The second-order valence-corrected chi connectivity index (χ2v) is 21.0. The van der Waals surface area contributed by atoms with Gasteiger partial charge < -0.3 is 9.80 Å². The van der Waals surface area contributed by atoms with E-state index in [9.17, 15) is 0 Å². The molecule has 0 aromatic heterocycles. The van der Waals surface area contributed by atoms with Crippen molar-refractivity contribution in [2.24, 2.45) is 0 Å². The van der Waals surface area contributed by atoms with Gasteiger partial charge in [-0.15, -0.1) is 0 Å². The molecule has 7 aromatic carbocycles. The van der Waals surface area contributed by atoms with Gasteiger partial charge in [-0.2, -0.15) is 0 Å². The minimum atomic E-state index is -0.00472. The molecule has 2 heteroatoms. The lowest BCUT2D eigenvalue weighted by Gasteiger charge is -2.33. The third kappa shape index (κ3) is 12.6. The normalized spacial score (nSPS) is 12.5. The molecule has 0 N–H and O–H groups in total. The standard InChI is InChI=1S/C69H84N2/c1-7-11-15-17-19-21-49-69(50-22-20-18-16-12-8-2)67-51-58(56-31-25-53(5)26-32-56)35-47-65(67)66-48-36-59(52-68(66)69)57-33-41-63(42-34-57)71(62-39-29-55(30-40-62)24-14-10-4)64-45-43-61(44-46-64)70(6)60-37-27-54(28-38-60)23-13-9-3/h25-48,51-52H,7-24,49-50H2,1-6H3. The van der Waals surface area contributed by atoms with Crippen LogP contribution in [0, 0.1) is 6.92 Å². The van der Waals surface area contributed by atoms with Crippen molar-refractivity contribution in [2.45, 2.75) is 168 Å². The second kappa shape index (κ2) is 25.5. The van der Waals surface area contributed by atoms with Crippen LogP contribution >= 0.6 is 0 Å². The lowest BCUT2D eigenvalue weighted by molar-refractivity contribution is 0.398. The van der Waals surface area contributed by atoms with Crippen LogP contribution in [0.1, 0.15) is 171 Å². The Labute approximate surface area is 430 Å². The molecule has 1 aliphatic rings. The molecule has 0 spiro atoms. The average molecular weight is 941 g/mol. The number of fused-ring (bicyclic) bond motifs is 3. The predicted octanol–water partition coefficient (Wildman–Crippen LogP) is 21.0. The van der Waals surface area contributed by atoms with E-state index in [1.807, 2.05) is 0 Å². The summed E-state index contributed by atoms with van der Waals surface area (Å²) in [5.74, 6) is 0. The van der Waals surface area contributed by atoms with E-state index in [1.165, 1.54) is 183 Å². The Morgan fingerprint density at radius 1 is 0.338 bits per heavy atom. The Balaban J connectivity index is 1.13. The maximum absolute atomic E-state index is 2.62. The van der Waals surface area contributed by atoms with Crippen LogP contribution in [0.5, 0.6) is 0 Å². The van der Waals surface area contributed by atoms with Crippen molar-refractivity contribution in [3.8, 4) is 33.4 Å². The maximum Gasteiger partial charge on any atom is 0.0463 e. The van der Waals surface area contributed by atoms with Gasteiger partial charge in [0.05, 0.1) is 0 Å². The molecule has 0 saturated heterocycles. The number of rotatable bonds is 27. The average Bonchev–Trinajstić information content (AvgIpc) is 3.68. The van der Waals surface area contributed by atoms with E-state index < -0.39 is 0 Å². The number of hydrogen-bond donors (Lipinski definition) is 0. The van der Waals surface area contributed by atoms with Crippen LogP contribution in [-0.2, 0) is 18.3 Å². The van der Waals surface area contributed by atoms with Gasteiger partial charge in [-0.1, -0.05) is 208 Å². The maximum atomic E-state index is 2.62. The number of benzene rings is 7. The van der Waals surface area contributed by atoms with E-state index in [1.54, 1.807) is 11.1 Å². The molecule has 8 rings (SSSR count). The lowest BCUT2D eigenvalue weighted by Crippen LogP contribution is -2.25. The van der Waals surface area contributed by atoms with Gasteiger partial charge in [0, 0.05) is 40.9 Å². The monoisotopic (exact) mass is 941 g/mol. The number of aryl methyl sites for hydroxylation is 3. The predicted molar refractivity (Wildman–Crippen MR) is 311 cm³/mol. The van der Waals surface area contributed by atoms with Crippen LogP contribution in [0.4, 0.5) is 28.4 Å². The molecule has 0 saturated carbocycles. The summed E-state index contributed by atoms with van der Waals surface area (Å²) in [6.45, 7) is 11.4. The van der Waals surface area contributed by atoms with E-state index in [0.29, 0.717) is 0 Å². The fourth-order valence-electron chi connectivity index (χ4n) is 11.4. The minimum Gasteiger partial charge on any atom is -0.345 e. The molecule has 0 aliphatic heterocycles. The first-order valence-corrected chi connectivity index (χ1v) is 28.1. The smallest absolute Gasteiger partial charge is 0.0463 e. The Hall–Kier alpha value is -5.86. The van der Waals surface area contributed by atoms with Gasteiger partial charge in [-0.05, 0) is 174 Å². The summed E-state index contributed by atoms with van der Waals surface area (Å²) in [7, 11) is 2.18. The topological polar surface area (TPSA) is 6.48 Å². The highest BCUT2D eigenvalue weighted by molar-refractivity contribution is 5.87. The van der Waals surface area contributed by atoms with Crippen molar-refractivity contribution in [2.75, 3.05) is 16.8 Å². The summed E-state index contributed by atoms with van der Waals surface area (Å²) in [6, 6.07) is 61.0. The summed E-state index contributed by atoms with van der Waals surface area (Å²) >= 11 is 0. The number of unbranched alkanes of at least 4 members (excludes halogenated alkanes) is 12. The largest absolute Gasteiger partial charge is 0.345 e. The highest BCUT2D eigenvalue weighted by Gasteiger charge is 2.42. The molecule has 0 radical (unpaired) electrons. The van der Waals surface area contributed by atoms with Gasteiger partial charge in [0.2, 0.25) is 0 Å². The first-order chi connectivity index (χ1) is 34.8. The highest BCUT2D eigenvalue weighted by atomic mass is 15.1. The van der Waals surface area contributed by atoms with Crippen LogP contribution in [-0.4, -0.2) is 7.05 Å². The van der Waals surface area contributed by atoms with Crippen molar-refractivity contribution in [1.82, 2.24) is 0 Å². The zero-order valence-electron chi connectivity index (χ0n) is 44.5. The van der Waals surface area contributed by atoms with Crippen LogP contribution in [0.15, 0.2) is 158 Å². The molecule has 0 fully saturated rings. The van der Waals surface area contributed by atoms with Crippen molar-refractivity contribution in [3.05, 3.63) is 186 Å². The fraction of sp³-hybridized carbons (Fsp3) is 0.391. The molecule has 0 unspecified atom stereocenters. The Kier molecular flexibility index (Phi) is 18.5. The van der Waals surface area contributed by atoms with Crippen molar-refractivity contribution in [3.63, 3.8) is 0 Å². The second-order valence-electron chi connectivity index (χ2n) is 21.0. The summed E-state index contributed by atoms with van der Waals surface area (Å²) in [4.78, 5) is 4.72. The molecule has 0 atom stereocenters. The van der Waals surface area contributed by atoms with Gasteiger partial charge in [0.25, 0.3) is 0 Å². The molecular formula is C69H84N2. The van der Waals surface area contributed by atoms with E-state index in [0.717, 1.165) is 24.2 Å². The van der Waals surface area contributed by atoms with E-state index in [-0.39, 0.29) is 5.41 Å². The molecule has 1 aliphatic carbocycles. The fourth-order valence-corrected chi connectivity index (χ4v) is 11.4. The molecular weight excluding hydrogens is 857 g/mol. The number of hydrogen-bond acceptors (Lipinski definition) is 2. The summed E-state index contributed by atoms with van der Waals surface area (Å²) in [5.41, 5.74) is 21.3. The van der Waals surface area contributed by atoms with E-state index in [4.69, 9.17) is 0 Å². The van der Waals surface area contributed by atoms with Crippen LogP contribution < -0.4 is 9.80 Å². The quantitative estimate of drug-likeness (QED) is 0.0474. The first-order valence-electron chi connectivity index (χ1n) is 28.1. The highest BCUT2D eigenvalue weighted by Crippen LogP contribution is 2.56. The van der Waals surface area contributed by atoms with Gasteiger partial charge in [0.15, 0.2) is 0 Å². The number of anilines is 5. The van der Waals surface area contributed by atoms with Gasteiger partial charge in [-0.25, -0.2) is 0 Å². The van der Waals surface area contributed by atoms with Crippen molar-refractivity contribution in [1.29, 1.82) is 0 Å². The van der Waals surface area contributed by atoms with Crippen molar-refractivity contribution < 1.29 is 0 Å². The molecule has 370 valence electrons. The summed E-state index contributed by atoms with van der Waals surface area (Å²) in [6.07, 6.45) is 25.4. The minimum absolute atomic E-state index is 0.00472. The SMILES string of the molecule is CCCCCCCCC1(CCCCCCCC)c2cc(-c3ccc(C)cc3)ccc2-c2ccc(-c3ccc(N(c4ccc(CCCC)cc4)c4ccc(N(C)c5ccc(CCCC)cc5)cc4)cc3)cc21. The van der Waals surface area contributed by atoms with Gasteiger partial charge >= 0.3 is 0 Å². The summed E-state index contributed by atoms with van der Waals surface area (Å²) < 4.78 is 0. The van der Waals surface area contributed by atoms with Crippen molar-refractivity contribution >= 4 is 28.4 Å². The van der Waals surface area contributed by atoms with E-state index >= 15 is 0 Å². The summed E-state index contributed by atoms with van der Waals surface area (Å²) in [5, 5.41) is 0. The third-order valence-corrected chi connectivity index (χ3v) is 15.8. The molecule has 0 amide bonds. The zero-order valence-corrected chi connectivity index (χ0v) is 44.5. The van der Waals surface area contributed by atoms with Crippen LogP contribution in [0.2, 0.25) is 0 Å². The Morgan fingerprint density at radius 2 is 0.676 bits per heavy atom. The van der Waals surface area contributed by atoms with Crippen LogP contribution in [0.25, 0.3) is 33.4 Å². The Morgan fingerprint density at radius 3 is 1.11 bits per heavy atom. The lowest BCUT2D eigenvalue weighted by atomic mass is 9.70. The van der Waals surface area contributed by atoms with E-state index in [2.05, 4.69) is 209 Å². The Bertz CT molecular complexity index is 2670. The van der Waals surface area contributed by atoms with Crippen LogP contribution in [0.3, 0.4) is 0 Å². The molecule has 0 bridgehead atoms. The molecule has 2 nitrogen and oxygen atoms in total. The number of nitrogens with zero attached hydrogens (tertiary/aromatic N) is 2. The first kappa shape index (κ1) is 51.5. The van der Waals surface area contributed by atoms with Gasteiger partial charge in [-0.3, -0.25) is 0 Å². The molecule has 0 heterocycles. The molecule has 7 aromatic rings. The van der Waals surface area contributed by atoms with Gasteiger partial charge in [0.1, 0.15) is 0 Å². The third-order valence-electron chi connectivity index (χ3n) is 15.8. The molecule has 71 heavy (non-hydrogen) atoms.